The Hall–Kier alpha value is -3.18. The first-order chi connectivity index (χ1) is 15.4. The number of hydrogen-bond acceptors (Lipinski definition) is 9. The minimum Gasteiger partial charge on any atom is -0.497 e. The van der Waals surface area contributed by atoms with Gasteiger partial charge in [0, 0.05) is 11.6 Å². The van der Waals surface area contributed by atoms with Gasteiger partial charge < -0.3 is 28.5 Å². The number of nitrogens with zero attached hydrogens (tertiary/aromatic N) is 2. The fourth-order valence-electron chi connectivity index (χ4n) is 2.70. The summed E-state index contributed by atoms with van der Waals surface area (Å²) in [5.74, 6) is 1.11. The molecule has 0 saturated heterocycles. The van der Waals surface area contributed by atoms with Crippen molar-refractivity contribution in [2.45, 2.75) is 5.22 Å². The summed E-state index contributed by atoms with van der Waals surface area (Å²) in [6, 6.07) is 8.50. The van der Waals surface area contributed by atoms with E-state index >= 15 is 0 Å². The van der Waals surface area contributed by atoms with Crippen molar-refractivity contribution in [1.82, 2.24) is 10.2 Å². The van der Waals surface area contributed by atoms with E-state index in [1.807, 2.05) is 0 Å². The Labute approximate surface area is 196 Å². The molecule has 3 rings (SSSR count). The molecule has 9 nitrogen and oxygen atoms in total. The van der Waals surface area contributed by atoms with Crippen LogP contribution in [0.2, 0.25) is 0 Å². The van der Waals surface area contributed by atoms with Gasteiger partial charge in [-0.25, -0.2) is 4.79 Å². The maximum atomic E-state index is 11.8. The summed E-state index contributed by atoms with van der Waals surface area (Å²) in [7, 11) is 6.08. The van der Waals surface area contributed by atoms with Crippen molar-refractivity contribution in [1.29, 1.82) is 0 Å². The van der Waals surface area contributed by atoms with E-state index < -0.39 is 5.97 Å². The zero-order valence-electron chi connectivity index (χ0n) is 17.5. The van der Waals surface area contributed by atoms with Crippen molar-refractivity contribution in [2.75, 3.05) is 28.4 Å². The van der Waals surface area contributed by atoms with E-state index in [-0.39, 0.29) is 16.0 Å². The number of hydrogen-bond donors (Lipinski definition) is 1. The second-order valence-electron chi connectivity index (χ2n) is 6.13. The molecule has 0 unspecified atom stereocenters. The minimum absolute atomic E-state index is 0.0254. The molecule has 0 atom stereocenters. The van der Waals surface area contributed by atoms with Crippen LogP contribution in [0.4, 0.5) is 0 Å². The molecule has 0 fully saturated rings. The molecular formula is C21H19BrN2O7S. The molecular weight excluding hydrogens is 504 g/mol. The Balaban J connectivity index is 1.91. The smallest absolute Gasteiger partial charge is 0.342 e. The molecule has 1 heterocycles. The third kappa shape index (κ3) is 5.35. The van der Waals surface area contributed by atoms with Gasteiger partial charge in [-0.1, -0.05) is 0 Å². The molecule has 0 bridgehead atoms. The molecule has 32 heavy (non-hydrogen) atoms. The highest BCUT2D eigenvalue weighted by molar-refractivity contribution is 9.10. The summed E-state index contributed by atoms with van der Waals surface area (Å²) in [5.41, 5.74) is 1.15. The van der Waals surface area contributed by atoms with Crippen LogP contribution in [0.15, 0.2) is 49.3 Å². The zero-order valence-corrected chi connectivity index (χ0v) is 19.9. The van der Waals surface area contributed by atoms with E-state index in [0.29, 0.717) is 38.6 Å². The predicted octanol–water partition coefficient (Wildman–Crippen LogP) is 4.75. The number of thioether (sulfide) groups is 1. The first-order valence-corrected chi connectivity index (χ1v) is 10.6. The lowest BCUT2D eigenvalue weighted by Gasteiger charge is -2.10. The molecule has 3 aromatic rings. The lowest BCUT2D eigenvalue weighted by Crippen LogP contribution is -1.97. The SMILES string of the molecule is COc1cc(OC)cc(-c2nnc(S/C(=C\c3cc(Br)c(OC)c(OC)c3)C(=O)O)o2)c1. The normalized spacial score (nSPS) is 11.2. The molecule has 0 aliphatic heterocycles. The van der Waals surface area contributed by atoms with Crippen LogP contribution in [0.1, 0.15) is 5.56 Å². The van der Waals surface area contributed by atoms with Crippen LogP contribution < -0.4 is 18.9 Å². The van der Waals surface area contributed by atoms with E-state index in [1.165, 1.54) is 34.5 Å². The molecule has 0 saturated carbocycles. The van der Waals surface area contributed by atoms with Crippen LogP contribution in [0.3, 0.4) is 0 Å². The summed E-state index contributed by atoms with van der Waals surface area (Å²) >= 11 is 4.22. The van der Waals surface area contributed by atoms with Crippen LogP contribution in [0, 0.1) is 0 Å². The van der Waals surface area contributed by atoms with Gasteiger partial charge in [0.05, 0.1) is 32.9 Å². The van der Waals surface area contributed by atoms with Crippen LogP contribution in [-0.2, 0) is 4.79 Å². The molecule has 0 aliphatic carbocycles. The number of aromatic nitrogens is 2. The van der Waals surface area contributed by atoms with Crippen molar-refractivity contribution in [3.05, 3.63) is 45.3 Å². The van der Waals surface area contributed by atoms with E-state index in [4.69, 9.17) is 23.4 Å². The van der Waals surface area contributed by atoms with Gasteiger partial charge in [0.25, 0.3) is 5.22 Å². The van der Waals surface area contributed by atoms with E-state index in [2.05, 4.69) is 26.1 Å². The average molecular weight is 523 g/mol. The third-order valence-electron chi connectivity index (χ3n) is 4.17. The molecule has 1 N–H and O–H groups in total. The van der Waals surface area contributed by atoms with Gasteiger partial charge in [0.2, 0.25) is 5.89 Å². The summed E-state index contributed by atoms with van der Waals surface area (Å²) in [6.45, 7) is 0. The standard InChI is InChI=1S/C21H19BrN2O7S/c1-27-13-8-12(9-14(10-13)28-2)19-23-24-21(31-19)32-17(20(25)26)7-11-5-15(22)18(30-4)16(6-11)29-3/h5-10H,1-4H3,(H,25,26)/b17-7-. The topological polar surface area (TPSA) is 113 Å². The predicted molar refractivity (Wildman–Crippen MR) is 122 cm³/mol. The van der Waals surface area contributed by atoms with Crippen molar-refractivity contribution < 1.29 is 33.3 Å². The molecule has 1 aromatic heterocycles. The van der Waals surface area contributed by atoms with Crippen LogP contribution in [0.5, 0.6) is 23.0 Å². The number of benzene rings is 2. The van der Waals surface area contributed by atoms with Crippen LogP contribution in [0.25, 0.3) is 17.5 Å². The number of carboxylic acid groups (broad SMARTS) is 1. The third-order valence-corrected chi connectivity index (χ3v) is 5.61. The first-order valence-electron chi connectivity index (χ1n) is 8.99. The Kier molecular flexibility index (Phi) is 7.65. The molecule has 0 radical (unpaired) electrons. The number of halogens is 1. The number of ether oxygens (including phenoxy) is 4. The maximum Gasteiger partial charge on any atom is 0.342 e. The Morgan fingerprint density at radius 2 is 1.69 bits per heavy atom. The van der Waals surface area contributed by atoms with Gasteiger partial charge in [-0.3, -0.25) is 0 Å². The molecule has 2 aromatic carbocycles. The highest BCUT2D eigenvalue weighted by Crippen LogP contribution is 2.38. The lowest BCUT2D eigenvalue weighted by molar-refractivity contribution is -0.131. The van der Waals surface area contributed by atoms with Gasteiger partial charge in [0.15, 0.2) is 11.5 Å². The van der Waals surface area contributed by atoms with Crippen molar-refractivity contribution in [2.24, 2.45) is 0 Å². The summed E-state index contributed by atoms with van der Waals surface area (Å²) in [5, 5.41) is 17.7. The summed E-state index contributed by atoms with van der Waals surface area (Å²) in [6.07, 6.45) is 1.47. The highest BCUT2D eigenvalue weighted by atomic mass is 79.9. The Morgan fingerprint density at radius 1 is 1.00 bits per heavy atom. The van der Waals surface area contributed by atoms with Gasteiger partial charge in [-0.2, -0.15) is 0 Å². The second-order valence-corrected chi connectivity index (χ2v) is 7.98. The number of aliphatic carboxylic acids is 1. The molecule has 11 heteroatoms. The fraction of sp³-hybridized carbons (Fsp3) is 0.190. The van der Waals surface area contributed by atoms with Gasteiger partial charge in [-0.05, 0) is 63.6 Å². The maximum absolute atomic E-state index is 11.8. The van der Waals surface area contributed by atoms with Gasteiger partial charge in [-0.15, -0.1) is 10.2 Å². The molecule has 0 amide bonds. The molecule has 0 aliphatic rings. The number of rotatable bonds is 9. The minimum atomic E-state index is -1.15. The fourth-order valence-corrected chi connectivity index (χ4v) is 3.99. The van der Waals surface area contributed by atoms with Crippen molar-refractivity contribution >= 4 is 39.7 Å². The van der Waals surface area contributed by atoms with Crippen molar-refractivity contribution in [3.8, 4) is 34.5 Å². The van der Waals surface area contributed by atoms with Crippen LogP contribution in [-0.4, -0.2) is 49.7 Å². The van der Waals surface area contributed by atoms with E-state index in [0.717, 1.165) is 11.8 Å². The molecule has 168 valence electrons. The average Bonchev–Trinajstić information content (AvgIpc) is 3.26. The van der Waals surface area contributed by atoms with Gasteiger partial charge >= 0.3 is 5.97 Å². The Morgan fingerprint density at radius 3 is 2.25 bits per heavy atom. The largest absolute Gasteiger partial charge is 0.497 e. The lowest BCUT2D eigenvalue weighted by atomic mass is 10.2. The van der Waals surface area contributed by atoms with E-state index in [1.54, 1.807) is 30.3 Å². The van der Waals surface area contributed by atoms with E-state index in [9.17, 15) is 9.90 Å². The zero-order chi connectivity index (χ0) is 23.3. The summed E-state index contributed by atoms with van der Waals surface area (Å²) in [4.78, 5) is 11.8. The highest BCUT2D eigenvalue weighted by Gasteiger charge is 2.18. The number of methoxy groups -OCH3 is 4. The first kappa shape index (κ1) is 23.5. The Bertz CT molecular complexity index is 1140. The number of carboxylic acids is 1. The molecule has 0 spiro atoms. The van der Waals surface area contributed by atoms with Gasteiger partial charge in [0.1, 0.15) is 16.4 Å². The number of carbonyl (C=O) groups is 1. The second kappa shape index (κ2) is 10.4. The quantitative estimate of drug-likeness (QED) is 0.311. The monoisotopic (exact) mass is 522 g/mol. The van der Waals surface area contributed by atoms with Crippen LogP contribution >= 0.6 is 27.7 Å². The summed E-state index contributed by atoms with van der Waals surface area (Å²) < 4.78 is 27.4. The van der Waals surface area contributed by atoms with Crippen molar-refractivity contribution in [3.63, 3.8) is 0 Å².